The Labute approximate surface area is 147 Å². The number of anilines is 3. The summed E-state index contributed by atoms with van der Waals surface area (Å²) in [6, 6.07) is 2.72. The number of nitrogens with zero attached hydrogens (tertiary/aromatic N) is 3. The van der Waals surface area contributed by atoms with Crippen molar-refractivity contribution in [2.24, 2.45) is 0 Å². The van der Waals surface area contributed by atoms with Crippen LogP contribution < -0.4 is 15.4 Å². The number of carbonyl (C=O) groups excluding carboxylic acids is 1. The van der Waals surface area contributed by atoms with E-state index in [9.17, 15) is 18.7 Å². The Bertz CT molecular complexity index is 837. The highest BCUT2D eigenvalue weighted by atomic mass is 19.3. The maximum atomic E-state index is 13.7. The van der Waals surface area contributed by atoms with E-state index >= 15 is 0 Å². The van der Waals surface area contributed by atoms with E-state index < -0.39 is 11.7 Å². The van der Waals surface area contributed by atoms with Gasteiger partial charge in [-0.3, -0.25) is 4.79 Å². The van der Waals surface area contributed by atoms with Crippen molar-refractivity contribution < 1.29 is 23.4 Å². The summed E-state index contributed by atoms with van der Waals surface area (Å²) in [5, 5.41) is 15.1. The van der Waals surface area contributed by atoms with Gasteiger partial charge in [0.05, 0.1) is 11.9 Å². The summed E-state index contributed by atoms with van der Waals surface area (Å²) in [4.78, 5) is 22.5. The SMILES string of the molecule is CC(=O)Nc1cc(Nc2cc(OC3CC3)nc(C(C)(F)F)n2)c(O)cn1. The quantitative estimate of drug-likeness (QED) is 0.722. The number of nitrogens with one attached hydrogen (secondary N) is 2. The molecule has 1 amide bonds. The fourth-order valence-corrected chi connectivity index (χ4v) is 2.04. The van der Waals surface area contributed by atoms with Gasteiger partial charge in [0.1, 0.15) is 17.7 Å². The maximum Gasteiger partial charge on any atom is 0.304 e. The van der Waals surface area contributed by atoms with Crippen molar-refractivity contribution in [2.45, 2.75) is 38.7 Å². The number of amides is 1. The van der Waals surface area contributed by atoms with Crippen LogP contribution in [0.4, 0.5) is 26.1 Å². The van der Waals surface area contributed by atoms with Crippen LogP contribution in [0.1, 0.15) is 32.5 Å². The Morgan fingerprint density at radius 1 is 1.31 bits per heavy atom. The summed E-state index contributed by atoms with van der Waals surface area (Å²) in [5.74, 6) is -4.33. The van der Waals surface area contributed by atoms with Crippen molar-refractivity contribution in [3.05, 3.63) is 24.2 Å². The molecule has 0 bridgehead atoms. The third kappa shape index (κ3) is 4.52. The predicted octanol–water partition coefficient (Wildman–Crippen LogP) is 2.93. The van der Waals surface area contributed by atoms with Gasteiger partial charge in [-0.25, -0.2) is 9.97 Å². The van der Waals surface area contributed by atoms with Crippen molar-refractivity contribution in [1.29, 1.82) is 0 Å². The Balaban J connectivity index is 1.91. The summed E-state index contributed by atoms with van der Waals surface area (Å²) in [5.41, 5.74) is 0.130. The second-order valence-electron chi connectivity index (χ2n) is 6.01. The van der Waals surface area contributed by atoms with Gasteiger partial charge in [0.2, 0.25) is 17.6 Å². The fourth-order valence-electron chi connectivity index (χ4n) is 2.04. The van der Waals surface area contributed by atoms with Crippen molar-refractivity contribution in [3.8, 4) is 11.6 Å². The molecule has 138 valence electrons. The first-order valence-corrected chi connectivity index (χ1v) is 7.88. The lowest BCUT2D eigenvalue weighted by Crippen LogP contribution is -2.15. The second kappa shape index (κ2) is 6.70. The van der Waals surface area contributed by atoms with E-state index in [1.54, 1.807) is 0 Å². The number of alkyl halides is 2. The number of pyridine rings is 1. The van der Waals surface area contributed by atoms with Gasteiger partial charge >= 0.3 is 5.92 Å². The van der Waals surface area contributed by atoms with Crippen LogP contribution >= 0.6 is 0 Å². The minimum Gasteiger partial charge on any atom is -0.504 e. The summed E-state index contributed by atoms with van der Waals surface area (Å²) in [7, 11) is 0. The number of rotatable bonds is 6. The van der Waals surface area contributed by atoms with Gasteiger partial charge < -0.3 is 20.5 Å². The third-order valence-corrected chi connectivity index (χ3v) is 3.36. The van der Waals surface area contributed by atoms with Gasteiger partial charge in [-0.15, -0.1) is 0 Å². The molecule has 8 nitrogen and oxygen atoms in total. The van der Waals surface area contributed by atoms with Crippen LogP contribution in [0, 0.1) is 0 Å². The molecule has 0 spiro atoms. The third-order valence-electron chi connectivity index (χ3n) is 3.36. The molecule has 3 N–H and O–H groups in total. The van der Waals surface area contributed by atoms with Crippen LogP contribution in [0.3, 0.4) is 0 Å². The van der Waals surface area contributed by atoms with Crippen LogP contribution in [-0.4, -0.2) is 32.1 Å². The molecule has 0 aromatic carbocycles. The van der Waals surface area contributed by atoms with Crippen LogP contribution in [0.2, 0.25) is 0 Å². The zero-order chi connectivity index (χ0) is 18.9. The van der Waals surface area contributed by atoms with E-state index in [1.165, 1.54) is 19.1 Å². The molecule has 26 heavy (non-hydrogen) atoms. The molecule has 2 heterocycles. The van der Waals surface area contributed by atoms with Crippen LogP contribution in [0.15, 0.2) is 18.3 Å². The average molecular weight is 365 g/mol. The molecule has 10 heteroatoms. The Kier molecular flexibility index (Phi) is 4.58. The monoisotopic (exact) mass is 365 g/mol. The molecule has 1 aliphatic rings. The zero-order valence-electron chi connectivity index (χ0n) is 14.1. The molecule has 0 atom stereocenters. The average Bonchev–Trinajstić information content (AvgIpc) is 3.33. The zero-order valence-corrected chi connectivity index (χ0v) is 14.1. The normalized spacial score (nSPS) is 14.0. The minimum absolute atomic E-state index is 0.0162. The molecular weight excluding hydrogens is 348 g/mol. The Morgan fingerprint density at radius 2 is 2.04 bits per heavy atom. The second-order valence-corrected chi connectivity index (χ2v) is 6.01. The van der Waals surface area contributed by atoms with Gasteiger partial charge in [-0.1, -0.05) is 0 Å². The predicted molar refractivity (Wildman–Crippen MR) is 88.7 cm³/mol. The number of carbonyl (C=O) groups is 1. The highest BCUT2D eigenvalue weighted by Gasteiger charge is 2.31. The molecule has 1 fully saturated rings. The molecule has 2 aromatic rings. The first-order chi connectivity index (χ1) is 12.2. The van der Waals surface area contributed by atoms with Crippen LogP contribution in [-0.2, 0) is 10.7 Å². The van der Waals surface area contributed by atoms with Crippen LogP contribution in [0.25, 0.3) is 0 Å². The molecule has 0 unspecified atom stereocenters. The van der Waals surface area contributed by atoms with E-state index in [-0.39, 0.29) is 41.0 Å². The van der Waals surface area contributed by atoms with Gasteiger partial charge in [0.15, 0.2) is 5.75 Å². The molecular formula is C16H17F2N5O3. The summed E-state index contributed by atoms with van der Waals surface area (Å²) in [6.45, 7) is 2.00. The van der Waals surface area contributed by atoms with Gasteiger partial charge in [-0.05, 0) is 12.8 Å². The summed E-state index contributed by atoms with van der Waals surface area (Å²) in [6.07, 6.45) is 2.77. The van der Waals surface area contributed by atoms with Crippen molar-refractivity contribution in [3.63, 3.8) is 0 Å². The van der Waals surface area contributed by atoms with E-state index in [0.717, 1.165) is 19.0 Å². The van der Waals surface area contributed by atoms with E-state index in [4.69, 9.17) is 4.74 Å². The smallest absolute Gasteiger partial charge is 0.304 e. The highest BCUT2D eigenvalue weighted by Crippen LogP contribution is 2.33. The maximum absolute atomic E-state index is 13.7. The lowest BCUT2D eigenvalue weighted by Gasteiger charge is -2.14. The Morgan fingerprint density at radius 3 is 2.65 bits per heavy atom. The first-order valence-electron chi connectivity index (χ1n) is 7.88. The lowest BCUT2D eigenvalue weighted by molar-refractivity contribution is -0.114. The molecule has 3 rings (SSSR count). The van der Waals surface area contributed by atoms with E-state index in [2.05, 4.69) is 25.6 Å². The molecule has 2 aromatic heterocycles. The molecule has 1 saturated carbocycles. The fraction of sp³-hybridized carbons (Fsp3) is 0.375. The van der Waals surface area contributed by atoms with Crippen molar-refractivity contribution in [1.82, 2.24) is 15.0 Å². The summed E-state index contributed by atoms with van der Waals surface area (Å²) < 4.78 is 32.8. The molecule has 0 radical (unpaired) electrons. The van der Waals surface area contributed by atoms with E-state index in [1.807, 2.05) is 0 Å². The lowest BCUT2D eigenvalue weighted by atomic mass is 10.3. The Hall–Kier alpha value is -3.04. The molecule has 0 saturated heterocycles. The van der Waals surface area contributed by atoms with Crippen LogP contribution in [0.5, 0.6) is 11.6 Å². The first kappa shape index (κ1) is 17.8. The summed E-state index contributed by atoms with van der Waals surface area (Å²) >= 11 is 0. The topological polar surface area (TPSA) is 109 Å². The van der Waals surface area contributed by atoms with Crippen molar-refractivity contribution in [2.75, 3.05) is 10.6 Å². The van der Waals surface area contributed by atoms with Gasteiger partial charge in [0.25, 0.3) is 0 Å². The van der Waals surface area contributed by atoms with E-state index in [0.29, 0.717) is 6.92 Å². The number of halogens is 2. The highest BCUT2D eigenvalue weighted by molar-refractivity contribution is 5.88. The number of hydrogen-bond donors (Lipinski definition) is 3. The minimum atomic E-state index is -3.26. The molecule has 0 aliphatic heterocycles. The number of aromatic nitrogens is 3. The standard InChI is InChI=1S/C16H17F2N5O3/c1-8(24)20-12-5-10(11(25)7-19-12)21-13-6-14(26-9-3-4-9)23-15(22-13)16(2,17)18/h5-7,9,25H,3-4H2,1-2H3,(H2,19,20,21,22,23,24). The van der Waals surface area contributed by atoms with Gasteiger partial charge in [-0.2, -0.15) is 13.8 Å². The number of ether oxygens (including phenoxy) is 1. The molecule has 1 aliphatic carbocycles. The number of aromatic hydroxyl groups is 1. The number of hydrogen-bond acceptors (Lipinski definition) is 7. The van der Waals surface area contributed by atoms with Gasteiger partial charge in [0, 0.05) is 26.0 Å². The largest absolute Gasteiger partial charge is 0.504 e. The van der Waals surface area contributed by atoms with Crippen molar-refractivity contribution >= 4 is 23.2 Å².